The molecule has 150 valence electrons. The second-order valence-electron chi connectivity index (χ2n) is 9.92. The van der Waals surface area contributed by atoms with Gasteiger partial charge in [0.05, 0.1) is 12.2 Å². The molecule has 0 aliphatic carbocycles. The second kappa shape index (κ2) is 7.61. The Morgan fingerprint density at radius 2 is 1.73 bits per heavy atom. The molecule has 0 fully saturated rings. The summed E-state index contributed by atoms with van der Waals surface area (Å²) in [6, 6.07) is 0.200. The molecule has 5 heteroatoms. The van der Waals surface area contributed by atoms with Crippen LogP contribution in [0, 0.1) is 5.92 Å². The Balaban J connectivity index is 3.06. The van der Waals surface area contributed by atoms with Gasteiger partial charge in [0, 0.05) is 24.7 Å². The predicted molar refractivity (Wildman–Crippen MR) is 107 cm³/mol. The average Bonchev–Trinajstić information content (AvgIpc) is 2.95. The van der Waals surface area contributed by atoms with Gasteiger partial charge in [0.2, 0.25) is 0 Å². The SMILES string of the molecule is CCC(C(C)C(C)(C)N(C)C(=O)OC(C)(C)C)n1cc(C(C)(C)C)cn1. The molecule has 2 atom stereocenters. The molecular formula is C21H39N3O2. The Morgan fingerprint density at radius 1 is 1.19 bits per heavy atom. The third-order valence-electron chi connectivity index (χ3n) is 5.45. The number of hydrogen-bond acceptors (Lipinski definition) is 3. The maximum absolute atomic E-state index is 12.6. The van der Waals surface area contributed by atoms with Crippen molar-refractivity contribution in [2.24, 2.45) is 5.92 Å². The molecule has 0 aromatic carbocycles. The van der Waals surface area contributed by atoms with E-state index < -0.39 is 5.60 Å². The minimum atomic E-state index is -0.502. The Kier molecular flexibility index (Phi) is 6.59. The summed E-state index contributed by atoms with van der Waals surface area (Å²) in [5.41, 5.74) is 0.416. The third-order valence-corrected chi connectivity index (χ3v) is 5.45. The van der Waals surface area contributed by atoms with E-state index in [4.69, 9.17) is 4.74 Å². The van der Waals surface area contributed by atoms with Crippen LogP contribution >= 0.6 is 0 Å². The molecule has 1 rings (SSSR count). The van der Waals surface area contributed by atoms with Gasteiger partial charge >= 0.3 is 6.09 Å². The van der Waals surface area contributed by atoms with Gasteiger partial charge in [0.25, 0.3) is 0 Å². The predicted octanol–water partition coefficient (Wildman–Crippen LogP) is 5.41. The Hall–Kier alpha value is -1.52. The van der Waals surface area contributed by atoms with E-state index >= 15 is 0 Å². The maximum atomic E-state index is 12.6. The first-order valence-electron chi connectivity index (χ1n) is 9.62. The fourth-order valence-corrected chi connectivity index (χ4v) is 3.02. The highest BCUT2D eigenvalue weighted by Crippen LogP contribution is 2.35. The lowest BCUT2D eigenvalue weighted by Crippen LogP contribution is -2.52. The van der Waals surface area contributed by atoms with Crippen LogP contribution in [-0.2, 0) is 10.2 Å². The standard InChI is InChI=1S/C21H39N3O2/c1-12-17(24-14-16(13-22-24)19(3,4)5)15(2)21(9,10)23(11)18(25)26-20(6,7)8/h13-15,17H,12H2,1-11H3. The van der Waals surface area contributed by atoms with E-state index in [9.17, 15) is 4.79 Å². The van der Waals surface area contributed by atoms with E-state index in [1.165, 1.54) is 5.56 Å². The van der Waals surface area contributed by atoms with E-state index in [1.807, 2.05) is 34.0 Å². The number of amides is 1. The minimum absolute atomic E-state index is 0.0720. The van der Waals surface area contributed by atoms with E-state index in [2.05, 4.69) is 64.4 Å². The van der Waals surface area contributed by atoms with Gasteiger partial charge in [0.1, 0.15) is 5.60 Å². The lowest BCUT2D eigenvalue weighted by molar-refractivity contribution is -0.00567. The quantitative estimate of drug-likeness (QED) is 0.700. The summed E-state index contributed by atoms with van der Waals surface area (Å²) >= 11 is 0. The molecule has 0 saturated carbocycles. The first kappa shape index (κ1) is 22.5. The van der Waals surface area contributed by atoms with Gasteiger partial charge in [-0.25, -0.2) is 4.79 Å². The maximum Gasteiger partial charge on any atom is 0.410 e. The van der Waals surface area contributed by atoms with Crippen molar-refractivity contribution in [2.75, 3.05) is 7.05 Å². The molecule has 5 nitrogen and oxygen atoms in total. The van der Waals surface area contributed by atoms with Crippen LogP contribution in [0.2, 0.25) is 0 Å². The van der Waals surface area contributed by atoms with Crippen LogP contribution < -0.4 is 0 Å². The first-order chi connectivity index (χ1) is 11.6. The van der Waals surface area contributed by atoms with E-state index in [-0.39, 0.29) is 29.0 Å². The van der Waals surface area contributed by atoms with Crippen molar-refractivity contribution in [3.05, 3.63) is 18.0 Å². The van der Waals surface area contributed by atoms with Gasteiger partial charge in [-0.15, -0.1) is 0 Å². The number of rotatable bonds is 5. The van der Waals surface area contributed by atoms with Crippen molar-refractivity contribution in [1.29, 1.82) is 0 Å². The number of carbonyl (C=O) groups excluding carboxylic acids is 1. The molecule has 0 N–H and O–H groups in total. The molecule has 26 heavy (non-hydrogen) atoms. The minimum Gasteiger partial charge on any atom is -0.444 e. The van der Waals surface area contributed by atoms with Gasteiger partial charge in [-0.3, -0.25) is 4.68 Å². The molecule has 1 aromatic heterocycles. The largest absolute Gasteiger partial charge is 0.444 e. The summed E-state index contributed by atoms with van der Waals surface area (Å²) in [6.07, 6.45) is 4.76. The van der Waals surface area contributed by atoms with E-state index in [0.717, 1.165) is 6.42 Å². The lowest BCUT2D eigenvalue weighted by Gasteiger charge is -2.43. The van der Waals surface area contributed by atoms with E-state index in [1.54, 1.807) is 4.90 Å². The number of nitrogens with zero attached hydrogens (tertiary/aromatic N) is 3. The van der Waals surface area contributed by atoms with Crippen LogP contribution in [0.5, 0.6) is 0 Å². The molecule has 1 aromatic rings. The van der Waals surface area contributed by atoms with Crippen molar-refractivity contribution in [1.82, 2.24) is 14.7 Å². The van der Waals surface area contributed by atoms with E-state index in [0.29, 0.717) is 0 Å². The summed E-state index contributed by atoms with van der Waals surface area (Å²) in [4.78, 5) is 14.3. The zero-order valence-electron chi connectivity index (χ0n) is 18.7. The molecule has 0 aliphatic heterocycles. The highest BCUT2D eigenvalue weighted by atomic mass is 16.6. The van der Waals surface area contributed by atoms with Crippen LogP contribution in [0.15, 0.2) is 12.4 Å². The van der Waals surface area contributed by atoms with Crippen LogP contribution in [0.3, 0.4) is 0 Å². The van der Waals surface area contributed by atoms with Gasteiger partial charge in [-0.1, -0.05) is 34.6 Å². The van der Waals surface area contributed by atoms with Crippen molar-refractivity contribution < 1.29 is 9.53 Å². The molecule has 0 saturated heterocycles. The van der Waals surface area contributed by atoms with Crippen molar-refractivity contribution in [3.8, 4) is 0 Å². The Labute approximate surface area is 160 Å². The first-order valence-corrected chi connectivity index (χ1v) is 9.62. The molecule has 0 aliphatic rings. The zero-order valence-corrected chi connectivity index (χ0v) is 18.7. The monoisotopic (exact) mass is 365 g/mol. The third kappa shape index (κ3) is 5.24. The average molecular weight is 366 g/mol. The number of hydrogen-bond donors (Lipinski definition) is 0. The molecular weight excluding hydrogens is 326 g/mol. The van der Waals surface area contributed by atoms with Crippen LogP contribution in [-0.4, -0.2) is 39.0 Å². The summed E-state index contributed by atoms with van der Waals surface area (Å²) in [7, 11) is 1.82. The summed E-state index contributed by atoms with van der Waals surface area (Å²) in [6.45, 7) is 20.8. The fraction of sp³-hybridized carbons (Fsp3) is 0.810. The summed E-state index contributed by atoms with van der Waals surface area (Å²) < 4.78 is 7.63. The number of ether oxygens (including phenoxy) is 1. The molecule has 1 amide bonds. The number of aromatic nitrogens is 2. The smallest absolute Gasteiger partial charge is 0.410 e. The van der Waals surface area contributed by atoms with Gasteiger partial charge in [-0.05, 0) is 52.0 Å². The van der Waals surface area contributed by atoms with Gasteiger partial charge in [0.15, 0.2) is 0 Å². The topological polar surface area (TPSA) is 47.4 Å². The molecule has 0 spiro atoms. The molecule has 0 radical (unpaired) electrons. The molecule has 2 unspecified atom stereocenters. The van der Waals surface area contributed by atoms with Crippen LogP contribution in [0.1, 0.15) is 87.3 Å². The second-order valence-corrected chi connectivity index (χ2v) is 9.92. The summed E-state index contributed by atoms with van der Waals surface area (Å²) in [5.74, 6) is 0.192. The Bertz CT molecular complexity index is 606. The van der Waals surface area contributed by atoms with Crippen molar-refractivity contribution in [2.45, 2.75) is 98.3 Å². The number of carbonyl (C=O) groups is 1. The zero-order chi connectivity index (χ0) is 20.5. The van der Waals surface area contributed by atoms with Crippen molar-refractivity contribution >= 4 is 6.09 Å². The van der Waals surface area contributed by atoms with Gasteiger partial charge < -0.3 is 9.64 Å². The highest BCUT2D eigenvalue weighted by Gasteiger charge is 2.40. The summed E-state index contributed by atoms with van der Waals surface area (Å²) in [5, 5.41) is 4.63. The van der Waals surface area contributed by atoms with Gasteiger partial charge in [-0.2, -0.15) is 5.10 Å². The van der Waals surface area contributed by atoms with Crippen molar-refractivity contribution in [3.63, 3.8) is 0 Å². The highest BCUT2D eigenvalue weighted by molar-refractivity contribution is 5.68. The molecule has 1 heterocycles. The van der Waals surface area contributed by atoms with Crippen LogP contribution in [0.25, 0.3) is 0 Å². The Morgan fingerprint density at radius 3 is 2.12 bits per heavy atom. The lowest BCUT2D eigenvalue weighted by atomic mass is 9.81. The van der Waals surface area contributed by atoms with Crippen LogP contribution in [0.4, 0.5) is 4.79 Å². The fourth-order valence-electron chi connectivity index (χ4n) is 3.02. The molecule has 0 bridgehead atoms. The normalized spacial score (nSPS) is 15.5.